The second kappa shape index (κ2) is 51.4. The largest absolute Gasteiger partial charge is 0.507 e. The number of aromatic hydroxyl groups is 3. The van der Waals surface area contributed by atoms with E-state index in [-0.39, 0.29) is 17.2 Å². The van der Waals surface area contributed by atoms with E-state index in [4.69, 9.17) is 73.3 Å². The highest BCUT2D eigenvalue weighted by Gasteiger charge is 2.23. The zero-order chi connectivity index (χ0) is 91.3. The van der Waals surface area contributed by atoms with Crippen LogP contribution >= 0.6 is 0 Å². The Morgan fingerprint density at radius 3 is 0.789 bits per heavy atom. The van der Waals surface area contributed by atoms with Gasteiger partial charge in [-0.05, 0) is 212 Å². The summed E-state index contributed by atoms with van der Waals surface area (Å²) in [6.45, 7) is 38.9. The van der Waals surface area contributed by atoms with Gasteiger partial charge in [0.05, 0.1) is 49.7 Å². The monoisotopic (exact) mass is 1730 g/mol. The van der Waals surface area contributed by atoms with Crippen LogP contribution in [0.4, 0.5) is 0 Å². The summed E-state index contributed by atoms with van der Waals surface area (Å²) < 4.78 is 35.9. The van der Waals surface area contributed by atoms with Crippen LogP contribution in [-0.4, -0.2) is 106 Å². The zero-order valence-electron chi connectivity index (χ0n) is 79.1. The quantitative estimate of drug-likeness (QED) is 0.0301. The molecule has 0 radical (unpaired) electrons. The van der Waals surface area contributed by atoms with E-state index in [1.165, 1.54) is 106 Å². The van der Waals surface area contributed by atoms with Gasteiger partial charge in [-0.1, -0.05) is 247 Å². The van der Waals surface area contributed by atoms with Crippen molar-refractivity contribution in [3.8, 4) is 148 Å². The summed E-state index contributed by atoms with van der Waals surface area (Å²) in [4.78, 5) is 43.6. The average Bonchev–Trinajstić information content (AvgIpc) is 0.806. The number of aryl methyl sites for hydroxylation is 8. The lowest BCUT2D eigenvalue weighted by Crippen LogP contribution is -2.11. The standard InChI is InChI=1S/C41H55N3O4.C36H45N3O3.C33H39N3O2/c1-5-9-12-14-27-46-34-21-17-32(18-22-34)39-42-40(33-19-23-35(24-20-33)47-28-15-13-10-6-2)44-41(43-39)37-26-25-36(29-38(37)45)48-30-31(8-4)16-11-7-3;1-7-9-11-28(8-2)23-41-18-10-19-42-29-14-17-32(33(40)22-29)36-38-34(30-15-12-24(3)20-26(30)5)37-35(39-36)31-16-13-25(4)21-27(31)6;1-7-9-10-25(8-2)20-38-26-13-16-29(30(37)19-26)33-35-31(27-14-11-21(3)17-23(27)5)34-32(36-33)28-15-12-22(4)18-24(28)6/h17-26,29,31,45H,5-16,27-28,30H2,1-4H3;12-17,20-22,28,40H,7-11,18-19,23H2,1-6H3;11-19,25,37H,7-10,20H2,1-6H3. The van der Waals surface area contributed by atoms with Crippen LogP contribution in [0.25, 0.3) is 102 Å². The lowest BCUT2D eigenvalue weighted by atomic mass is 10.0. The number of phenols is 3. The summed E-state index contributed by atoms with van der Waals surface area (Å²) in [5.41, 5.74) is 16.1. The maximum absolute atomic E-state index is 11.2. The zero-order valence-corrected chi connectivity index (χ0v) is 79.1. The molecular formula is C110H139N9O9. The number of unbranched alkanes of at least 4 members (excludes halogenated alkanes) is 9. The summed E-state index contributed by atoms with van der Waals surface area (Å²) in [5.74, 6) is 10.0. The van der Waals surface area contributed by atoms with Crippen LogP contribution in [0.2, 0.25) is 0 Å². The van der Waals surface area contributed by atoms with Gasteiger partial charge < -0.3 is 43.7 Å². The maximum Gasteiger partial charge on any atom is 0.167 e. The van der Waals surface area contributed by atoms with Crippen molar-refractivity contribution in [2.75, 3.05) is 46.2 Å². The minimum Gasteiger partial charge on any atom is -0.507 e. The smallest absolute Gasteiger partial charge is 0.167 e. The topological polar surface area (TPSA) is 232 Å². The number of nitrogens with zero attached hydrogens (tertiary/aromatic N) is 9. The number of benzene rings is 9. The Hall–Kier alpha value is -11.6. The molecule has 128 heavy (non-hydrogen) atoms. The molecule has 0 aliphatic heterocycles. The molecule has 678 valence electrons. The first-order valence-corrected chi connectivity index (χ1v) is 47.1. The van der Waals surface area contributed by atoms with Crippen molar-refractivity contribution in [1.82, 2.24) is 44.9 Å². The summed E-state index contributed by atoms with van der Waals surface area (Å²) in [6, 6.07) is 56.7. The van der Waals surface area contributed by atoms with Crippen LogP contribution < -0.4 is 23.7 Å². The molecule has 9 aromatic carbocycles. The van der Waals surface area contributed by atoms with E-state index >= 15 is 0 Å². The Morgan fingerprint density at radius 1 is 0.234 bits per heavy atom. The van der Waals surface area contributed by atoms with Crippen LogP contribution in [0.5, 0.6) is 46.0 Å². The molecular weight excluding hydrogens is 1590 g/mol. The number of aromatic nitrogens is 9. The fourth-order valence-electron chi connectivity index (χ4n) is 15.4. The highest BCUT2D eigenvalue weighted by molar-refractivity contribution is 5.76. The molecule has 12 rings (SSSR count). The molecule has 18 nitrogen and oxygen atoms in total. The van der Waals surface area contributed by atoms with Crippen molar-refractivity contribution >= 4 is 0 Å². The Morgan fingerprint density at radius 2 is 0.492 bits per heavy atom. The molecule has 0 fully saturated rings. The van der Waals surface area contributed by atoms with Crippen molar-refractivity contribution < 1.29 is 43.7 Å². The molecule has 0 aliphatic rings. The average molecular weight is 1730 g/mol. The molecule has 12 aromatic rings. The molecule has 0 amide bonds. The fourth-order valence-corrected chi connectivity index (χ4v) is 15.4. The third-order valence-corrected chi connectivity index (χ3v) is 23.4. The summed E-state index contributed by atoms with van der Waals surface area (Å²) in [5, 5.41) is 33.2. The van der Waals surface area contributed by atoms with Crippen LogP contribution in [-0.2, 0) is 4.74 Å². The van der Waals surface area contributed by atoms with E-state index in [0.29, 0.717) is 144 Å². The highest BCUT2D eigenvalue weighted by atomic mass is 16.5. The molecule has 3 heterocycles. The summed E-state index contributed by atoms with van der Waals surface area (Å²) in [6.07, 6.45) is 24.2. The number of phenolic OH excluding ortho intramolecular Hbond substituents is 3. The number of hydrogen-bond acceptors (Lipinski definition) is 18. The lowest BCUT2D eigenvalue weighted by molar-refractivity contribution is 0.0842. The van der Waals surface area contributed by atoms with Gasteiger partial charge in [0.25, 0.3) is 0 Å². The second-order valence-corrected chi connectivity index (χ2v) is 34.2. The van der Waals surface area contributed by atoms with Gasteiger partial charge in [-0.3, -0.25) is 0 Å². The number of hydrogen-bond donors (Lipinski definition) is 3. The summed E-state index contributed by atoms with van der Waals surface area (Å²) >= 11 is 0. The van der Waals surface area contributed by atoms with E-state index in [1.54, 1.807) is 18.2 Å². The van der Waals surface area contributed by atoms with E-state index in [0.717, 1.165) is 125 Å². The van der Waals surface area contributed by atoms with Crippen LogP contribution in [0.15, 0.2) is 176 Å². The first-order chi connectivity index (χ1) is 62.1. The van der Waals surface area contributed by atoms with Gasteiger partial charge >= 0.3 is 0 Å². The molecule has 18 heteroatoms. The third-order valence-electron chi connectivity index (χ3n) is 23.4. The predicted molar refractivity (Wildman–Crippen MR) is 522 cm³/mol. The molecule has 0 saturated heterocycles. The second-order valence-electron chi connectivity index (χ2n) is 34.2. The van der Waals surface area contributed by atoms with Gasteiger partial charge in [0, 0.05) is 71.2 Å². The van der Waals surface area contributed by atoms with Crippen LogP contribution in [0.1, 0.15) is 235 Å². The van der Waals surface area contributed by atoms with Crippen molar-refractivity contribution in [1.29, 1.82) is 0 Å². The van der Waals surface area contributed by atoms with Crippen molar-refractivity contribution in [2.24, 2.45) is 17.8 Å². The fraction of sp³-hybridized carbons (Fsp3) is 0.427. The van der Waals surface area contributed by atoms with Gasteiger partial charge in [0.1, 0.15) is 46.0 Å². The molecule has 0 saturated carbocycles. The SMILES string of the molecule is CCCCC(CC)COCCCOc1ccc(-c2nc(-c3ccc(C)cc3C)nc(-c3ccc(C)cc3C)n2)c(O)c1.CCCCC(CC)COc1ccc(-c2nc(-c3ccc(C)cc3C)nc(-c3ccc(C)cc3C)n2)c(O)c1.CCCCCCOc1ccc(-c2nc(-c3ccc(OCCCCCC)cc3)nc(-c3ccc(OCC(CC)CCCC)cc3O)n2)cc1. The Kier molecular flexibility index (Phi) is 39.6. The van der Waals surface area contributed by atoms with Crippen LogP contribution in [0, 0.1) is 73.1 Å². The van der Waals surface area contributed by atoms with Gasteiger partial charge in [0.2, 0.25) is 0 Å². The van der Waals surface area contributed by atoms with Gasteiger partial charge in [-0.15, -0.1) is 0 Å². The first kappa shape index (κ1) is 98.5. The highest BCUT2D eigenvalue weighted by Crippen LogP contribution is 2.39. The number of rotatable bonds is 46. The normalized spacial score (nSPS) is 11.9. The molecule has 3 atom stereocenters. The van der Waals surface area contributed by atoms with Crippen molar-refractivity contribution in [3.63, 3.8) is 0 Å². The summed E-state index contributed by atoms with van der Waals surface area (Å²) in [7, 11) is 0. The van der Waals surface area contributed by atoms with E-state index < -0.39 is 0 Å². The molecule has 0 aliphatic carbocycles. The maximum atomic E-state index is 11.2. The van der Waals surface area contributed by atoms with E-state index in [2.05, 4.69) is 171 Å². The van der Waals surface area contributed by atoms with Gasteiger partial charge in [-0.25, -0.2) is 44.9 Å². The van der Waals surface area contributed by atoms with Gasteiger partial charge in [-0.2, -0.15) is 0 Å². The van der Waals surface area contributed by atoms with Gasteiger partial charge in [0.15, 0.2) is 52.4 Å². The van der Waals surface area contributed by atoms with Crippen molar-refractivity contribution in [3.05, 3.63) is 220 Å². The molecule has 3 unspecified atom stereocenters. The molecule has 3 aromatic heterocycles. The lowest BCUT2D eigenvalue weighted by Gasteiger charge is -2.16. The van der Waals surface area contributed by atoms with Crippen LogP contribution in [0.3, 0.4) is 0 Å². The Labute approximate surface area is 762 Å². The Bertz CT molecular complexity index is 5230. The third kappa shape index (κ3) is 29.7. The number of ether oxygens (including phenoxy) is 6. The molecule has 0 bridgehead atoms. The minimum absolute atomic E-state index is 0.0646. The predicted octanol–water partition coefficient (Wildman–Crippen LogP) is 28.3. The first-order valence-electron chi connectivity index (χ1n) is 47.1. The molecule has 3 N–H and O–H groups in total. The Balaban J connectivity index is 0.000000201. The van der Waals surface area contributed by atoms with E-state index in [1.807, 2.05) is 97.1 Å². The minimum atomic E-state index is 0.0646. The van der Waals surface area contributed by atoms with Crippen molar-refractivity contribution in [2.45, 2.75) is 246 Å². The molecule has 0 spiro atoms. The van der Waals surface area contributed by atoms with E-state index in [9.17, 15) is 15.3 Å².